The third-order valence-corrected chi connectivity index (χ3v) is 6.43. The number of nitrogens with one attached hydrogen (secondary N) is 1. The second kappa shape index (κ2) is 9.88. The van der Waals surface area contributed by atoms with Gasteiger partial charge in [0.1, 0.15) is 5.75 Å². The zero-order valence-corrected chi connectivity index (χ0v) is 18.5. The van der Waals surface area contributed by atoms with Crippen LogP contribution in [0.3, 0.4) is 0 Å². The molecule has 0 radical (unpaired) electrons. The van der Waals surface area contributed by atoms with Gasteiger partial charge in [0.25, 0.3) is 5.91 Å². The Morgan fingerprint density at radius 3 is 2.59 bits per heavy atom. The maximum atomic E-state index is 12.7. The summed E-state index contributed by atoms with van der Waals surface area (Å²) in [7, 11) is 0. The number of carbonyl (C=O) groups excluding carboxylic acids is 1. The Morgan fingerprint density at radius 1 is 1.06 bits per heavy atom. The Bertz CT molecular complexity index is 998. The van der Waals surface area contributed by atoms with E-state index in [4.69, 9.17) is 4.74 Å². The van der Waals surface area contributed by atoms with Crippen molar-refractivity contribution in [3.05, 3.63) is 85.7 Å². The van der Waals surface area contributed by atoms with Gasteiger partial charge < -0.3 is 15.0 Å². The van der Waals surface area contributed by atoms with Crippen LogP contribution in [0, 0.1) is 0 Å². The molecule has 2 heterocycles. The predicted molar refractivity (Wildman–Crippen MR) is 132 cm³/mol. The molecule has 2 aromatic rings. The van der Waals surface area contributed by atoms with E-state index in [1.54, 1.807) is 24.3 Å². The van der Waals surface area contributed by atoms with E-state index in [2.05, 4.69) is 47.0 Å². The number of hydrogen-bond donors (Lipinski definition) is 1. The minimum Gasteiger partial charge on any atom is -0.466 e. The molecule has 166 valence electrons. The van der Waals surface area contributed by atoms with Gasteiger partial charge in [-0.3, -0.25) is 9.69 Å². The Labute approximate surface area is 190 Å². The van der Waals surface area contributed by atoms with Crippen LogP contribution in [0.2, 0.25) is 0 Å². The summed E-state index contributed by atoms with van der Waals surface area (Å²) in [4.78, 5) is 17.7. The van der Waals surface area contributed by atoms with Crippen molar-refractivity contribution in [1.82, 2.24) is 4.90 Å². The first-order valence-corrected chi connectivity index (χ1v) is 11.2. The lowest BCUT2D eigenvalue weighted by Gasteiger charge is -2.29. The van der Waals surface area contributed by atoms with Crippen LogP contribution in [0.15, 0.2) is 74.5 Å². The van der Waals surface area contributed by atoms with Crippen molar-refractivity contribution in [3.8, 4) is 5.75 Å². The van der Waals surface area contributed by atoms with E-state index in [9.17, 15) is 4.79 Å². The standard InChI is InChI=1S/C27H31N3O2/c1-4-20-18-22(28-27(31)21-9-12-25(13-10-21)32-6-3)11-14-26(20)29-17-15-24(19-29)30-16-7-8-23(30)5-2/h4-6,9-14,18,23-24H,1-3,7-8,15-17,19H2,(H,28,31). The van der Waals surface area contributed by atoms with Crippen molar-refractivity contribution in [2.24, 2.45) is 0 Å². The van der Waals surface area contributed by atoms with Crippen molar-refractivity contribution < 1.29 is 9.53 Å². The number of hydrogen-bond acceptors (Lipinski definition) is 4. The van der Waals surface area contributed by atoms with Crippen molar-refractivity contribution in [3.63, 3.8) is 0 Å². The summed E-state index contributed by atoms with van der Waals surface area (Å²) in [6.07, 6.45) is 8.95. The Balaban J connectivity index is 1.44. The minimum atomic E-state index is -0.163. The van der Waals surface area contributed by atoms with Gasteiger partial charge in [-0.1, -0.05) is 25.3 Å². The summed E-state index contributed by atoms with van der Waals surface area (Å²) in [6, 6.07) is 14.1. The molecule has 2 unspecified atom stereocenters. The molecule has 0 bridgehead atoms. The zero-order valence-electron chi connectivity index (χ0n) is 18.5. The monoisotopic (exact) mass is 429 g/mol. The molecule has 0 saturated carbocycles. The molecule has 2 atom stereocenters. The number of ether oxygens (including phenoxy) is 1. The molecule has 5 heteroatoms. The van der Waals surface area contributed by atoms with E-state index in [1.165, 1.54) is 24.8 Å². The SMILES string of the molecule is C=COc1ccc(C(=O)Nc2ccc(N3CCC(N4CCCC4C=C)C3)c(C=C)c2)cc1. The van der Waals surface area contributed by atoms with Gasteiger partial charge >= 0.3 is 0 Å². The van der Waals surface area contributed by atoms with Gasteiger partial charge in [0.2, 0.25) is 0 Å². The largest absolute Gasteiger partial charge is 0.466 e. The Morgan fingerprint density at radius 2 is 1.88 bits per heavy atom. The molecule has 1 amide bonds. The second-order valence-electron chi connectivity index (χ2n) is 8.31. The number of rotatable bonds is 8. The lowest BCUT2D eigenvalue weighted by molar-refractivity contribution is 0.102. The van der Waals surface area contributed by atoms with Crippen LogP contribution < -0.4 is 15.0 Å². The molecule has 2 aromatic carbocycles. The molecule has 2 fully saturated rings. The highest BCUT2D eigenvalue weighted by Crippen LogP contribution is 2.32. The quantitative estimate of drug-likeness (QED) is 0.455. The second-order valence-corrected chi connectivity index (χ2v) is 8.31. The number of nitrogens with zero attached hydrogens (tertiary/aromatic N) is 2. The maximum absolute atomic E-state index is 12.7. The summed E-state index contributed by atoms with van der Waals surface area (Å²) in [6.45, 7) is 14.8. The first-order chi connectivity index (χ1) is 15.6. The fraction of sp³-hybridized carbons (Fsp3) is 0.296. The summed E-state index contributed by atoms with van der Waals surface area (Å²) in [5, 5.41) is 2.98. The smallest absolute Gasteiger partial charge is 0.255 e. The lowest BCUT2D eigenvalue weighted by Crippen LogP contribution is -2.40. The molecule has 4 rings (SSSR count). The summed E-state index contributed by atoms with van der Waals surface area (Å²) < 4.78 is 5.21. The third kappa shape index (κ3) is 4.63. The summed E-state index contributed by atoms with van der Waals surface area (Å²) in [5.74, 6) is 0.482. The van der Waals surface area contributed by atoms with Gasteiger partial charge in [-0.25, -0.2) is 0 Å². The summed E-state index contributed by atoms with van der Waals surface area (Å²) >= 11 is 0. The van der Waals surface area contributed by atoms with E-state index in [-0.39, 0.29) is 5.91 Å². The zero-order chi connectivity index (χ0) is 22.5. The molecule has 0 aromatic heterocycles. The van der Waals surface area contributed by atoms with E-state index < -0.39 is 0 Å². The molecule has 1 N–H and O–H groups in total. The van der Waals surface area contributed by atoms with Crippen LogP contribution in [0.1, 0.15) is 35.2 Å². The van der Waals surface area contributed by atoms with Crippen LogP contribution in [-0.2, 0) is 0 Å². The summed E-state index contributed by atoms with van der Waals surface area (Å²) in [5.41, 5.74) is 3.51. The van der Waals surface area contributed by atoms with Crippen molar-refractivity contribution >= 4 is 23.4 Å². The third-order valence-electron chi connectivity index (χ3n) is 6.43. The van der Waals surface area contributed by atoms with Crippen LogP contribution in [0.5, 0.6) is 5.75 Å². The van der Waals surface area contributed by atoms with Crippen LogP contribution in [0.25, 0.3) is 6.08 Å². The molecule has 2 aliphatic heterocycles. The number of carbonyl (C=O) groups is 1. The first kappa shape index (κ1) is 21.9. The normalized spacial score (nSPS) is 20.7. The van der Waals surface area contributed by atoms with Gasteiger partial charge in [0.15, 0.2) is 0 Å². The molecule has 5 nitrogen and oxygen atoms in total. The minimum absolute atomic E-state index is 0.163. The van der Waals surface area contributed by atoms with E-state index in [0.717, 1.165) is 37.3 Å². The molecule has 32 heavy (non-hydrogen) atoms. The van der Waals surface area contributed by atoms with Gasteiger partial charge in [-0.15, -0.1) is 6.58 Å². The van der Waals surface area contributed by atoms with Crippen LogP contribution in [-0.4, -0.2) is 42.5 Å². The van der Waals surface area contributed by atoms with Gasteiger partial charge in [-0.05, 0) is 73.8 Å². The average Bonchev–Trinajstić information content (AvgIpc) is 3.49. The number of anilines is 2. The van der Waals surface area contributed by atoms with Gasteiger partial charge in [0, 0.05) is 42.1 Å². The molecular formula is C27H31N3O2. The number of benzene rings is 2. The molecule has 0 aliphatic carbocycles. The molecule has 2 saturated heterocycles. The Hall–Kier alpha value is -3.31. The lowest BCUT2D eigenvalue weighted by atomic mass is 10.1. The highest BCUT2D eigenvalue weighted by molar-refractivity contribution is 6.04. The number of amides is 1. The van der Waals surface area contributed by atoms with Crippen LogP contribution in [0.4, 0.5) is 11.4 Å². The highest BCUT2D eigenvalue weighted by atomic mass is 16.5. The Kier molecular flexibility index (Phi) is 6.76. The first-order valence-electron chi connectivity index (χ1n) is 11.2. The molecule has 0 spiro atoms. The fourth-order valence-corrected chi connectivity index (χ4v) is 4.82. The van der Waals surface area contributed by atoms with E-state index in [1.807, 2.05) is 18.2 Å². The van der Waals surface area contributed by atoms with Crippen LogP contribution >= 0.6 is 0 Å². The van der Waals surface area contributed by atoms with Crippen molar-refractivity contribution in [2.45, 2.75) is 31.3 Å². The van der Waals surface area contributed by atoms with Gasteiger partial charge in [0.05, 0.1) is 6.26 Å². The average molecular weight is 430 g/mol. The van der Waals surface area contributed by atoms with E-state index in [0.29, 0.717) is 23.4 Å². The number of likely N-dealkylation sites (tertiary alicyclic amines) is 1. The fourth-order valence-electron chi connectivity index (χ4n) is 4.82. The predicted octanol–water partition coefficient (Wildman–Crippen LogP) is 5.33. The molecular weight excluding hydrogens is 398 g/mol. The van der Waals surface area contributed by atoms with Crippen molar-refractivity contribution in [1.29, 1.82) is 0 Å². The topological polar surface area (TPSA) is 44.8 Å². The maximum Gasteiger partial charge on any atom is 0.255 e. The van der Waals surface area contributed by atoms with Gasteiger partial charge in [-0.2, -0.15) is 0 Å². The van der Waals surface area contributed by atoms with E-state index >= 15 is 0 Å². The van der Waals surface area contributed by atoms with Crippen molar-refractivity contribution in [2.75, 3.05) is 29.9 Å². The molecule has 2 aliphatic rings. The highest BCUT2D eigenvalue weighted by Gasteiger charge is 2.34.